The quantitative estimate of drug-likeness (QED) is 0.632. The Hall–Kier alpha value is -3.06. The zero-order valence-electron chi connectivity index (χ0n) is 17.1. The molecule has 1 aliphatic carbocycles. The zero-order chi connectivity index (χ0) is 20.9. The summed E-state index contributed by atoms with van der Waals surface area (Å²) < 4.78 is 15.1. The second-order valence-electron chi connectivity index (χ2n) is 7.57. The van der Waals surface area contributed by atoms with Crippen LogP contribution in [0.4, 0.5) is 4.39 Å². The van der Waals surface area contributed by atoms with Gasteiger partial charge < -0.3 is 10.6 Å². The van der Waals surface area contributed by atoms with Crippen LogP contribution >= 0.6 is 0 Å². The fourth-order valence-electron chi connectivity index (χ4n) is 3.94. The van der Waals surface area contributed by atoms with E-state index in [1.165, 1.54) is 12.1 Å². The highest BCUT2D eigenvalue weighted by atomic mass is 19.1. The summed E-state index contributed by atoms with van der Waals surface area (Å²) in [7, 11) is 0. The molecule has 1 aromatic carbocycles. The number of pyridine rings is 1. The Bertz CT molecular complexity index is 1000. The van der Waals surface area contributed by atoms with Crippen LogP contribution in [0.1, 0.15) is 46.2 Å². The minimum atomic E-state index is -0.226. The van der Waals surface area contributed by atoms with Crippen molar-refractivity contribution in [3.63, 3.8) is 0 Å². The van der Waals surface area contributed by atoms with Crippen molar-refractivity contribution >= 4 is 5.91 Å². The standard InChI is InChI=1S/C23H26FN5O/c1-2-29-21-8-7-19(26-14-16-3-5-18(24)6-4-16)13-20(21)22(28-29)23(30)27-15-17-9-11-25-12-10-17/h3-6,9-12,19,26H,2,7-8,13-15H2,1H3,(H,27,30). The summed E-state index contributed by atoms with van der Waals surface area (Å²) in [5, 5.41) is 11.1. The number of fused-ring (bicyclic) bond motifs is 1. The molecule has 1 amide bonds. The Labute approximate surface area is 175 Å². The number of rotatable bonds is 7. The van der Waals surface area contributed by atoms with Gasteiger partial charge >= 0.3 is 0 Å². The van der Waals surface area contributed by atoms with Gasteiger partial charge in [0.15, 0.2) is 5.69 Å². The number of carbonyl (C=O) groups is 1. The molecule has 30 heavy (non-hydrogen) atoms. The number of carbonyl (C=O) groups excluding carboxylic acids is 1. The van der Waals surface area contributed by atoms with Crippen LogP contribution in [0.15, 0.2) is 48.8 Å². The molecule has 0 radical (unpaired) electrons. The molecule has 2 N–H and O–H groups in total. The molecule has 0 saturated carbocycles. The van der Waals surface area contributed by atoms with Crippen molar-refractivity contribution in [2.45, 2.75) is 51.9 Å². The van der Waals surface area contributed by atoms with Crippen LogP contribution in [0.2, 0.25) is 0 Å². The molecule has 1 unspecified atom stereocenters. The summed E-state index contributed by atoms with van der Waals surface area (Å²) in [5.41, 5.74) is 4.76. The minimum absolute atomic E-state index is 0.144. The number of benzene rings is 1. The van der Waals surface area contributed by atoms with Crippen molar-refractivity contribution in [1.29, 1.82) is 0 Å². The largest absolute Gasteiger partial charge is 0.347 e. The van der Waals surface area contributed by atoms with Gasteiger partial charge in [0.1, 0.15) is 5.82 Å². The summed E-state index contributed by atoms with van der Waals surface area (Å²) in [4.78, 5) is 16.9. The topological polar surface area (TPSA) is 71.8 Å². The maximum absolute atomic E-state index is 13.1. The van der Waals surface area contributed by atoms with Gasteiger partial charge in [-0.3, -0.25) is 14.5 Å². The van der Waals surface area contributed by atoms with Gasteiger partial charge in [0.05, 0.1) is 0 Å². The summed E-state index contributed by atoms with van der Waals surface area (Å²) in [5.74, 6) is -0.370. The maximum atomic E-state index is 13.1. The van der Waals surface area contributed by atoms with Crippen LogP contribution in [0.3, 0.4) is 0 Å². The SMILES string of the molecule is CCn1nc(C(=O)NCc2ccncc2)c2c1CCC(NCc1ccc(F)cc1)C2. The molecule has 4 rings (SSSR count). The van der Waals surface area contributed by atoms with Crippen molar-refractivity contribution in [1.82, 2.24) is 25.4 Å². The molecule has 0 saturated heterocycles. The summed E-state index contributed by atoms with van der Waals surface area (Å²) >= 11 is 0. The number of hydrogen-bond donors (Lipinski definition) is 2. The third-order valence-corrected chi connectivity index (χ3v) is 5.57. The third-order valence-electron chi connectivity index (χ3n) is 5.57. The minimum Gasteiger partial charge on any atom is -0.347 e. The van der Waals surface area contributed by atoms with Gasteiger partial charge in [0, 0.05) is 49.3 Å². The number of amides is 1. The highest BCUT2D eigenvalue weighted by Crippen LogP contribution is 2.25. The maximum Gasteiger partial charge on any atom is 0.272 e. The normalized spacial score (nSPS) is 15.6. The summed E-state index contributed by atoms with van der Waals surface area (Å²) in [6.45, 7) is 3.91. The van der Waals surface area contributed by atoms with Gasteiger partial charge in [-0.25, -0.2) is 4.39 Å². The van der Waals surface area contributed by atoms with E-state index in [1.54, 1.807) is 24.5 Å². The van der Waals surface area contributed by atoms with Crippen LogP contribution < -0.4 is 10.6 Å². The number of nitrogens with one attached hydrogen (secondary N) is 2. The molecule has 3 aromatic rings. The number of aromatic nitrogens is 3. The van der Waals surface area contributed by atoms with E-state index in [0.717, 1.165) is 48.2 Å². The average molecular weight is 407 g/mol. The molecule has 2 aromatic heterocycles. The fourth-order valence-corrected chi connectivity index (χ4v) is 3.94. The Balaban J connectivity index is 1.44. The van der Waals surface area contributed by atoms with E-state index in [2.05, 4.69) is 20.7 Å². The number of aryl methyl sites for hydroxylation is 1. The first-order chi connectivity index (χ1) is 14.6. The van der Waals surface area contributed by atoms with Crippen LogP contribution in [-0.4, -0.2) is 26.7 Å². The molecular weight excluding hydrogens is 381 g/mol. The van der Waals surface area contributed by atoms with Gasteiger partial charge in [-0.2, -0.15) is 5.10 Å². The molecule has 1 aliphatic rings. The molecule has 156 valence electrons. The second kappa shape index (κ2) is 9.17. The lowest BCUT2D eigenvalue weighted by Gasteiger charge is -2.24. The molecule has 7 heteroatoms. The van der Waals surface area contributed by atoms with Gasteiger partial charge in [-0.15, -0.1) is 0 Å². The smallest absolute Gasteiger partial charge is 0.272 e. The predicted octanol–water partition coefficient (Wildman–Crippen LogP) is 3.01. The van der Waals surface area contributed by atoms with Crippen LogP contribution in [0.25, 0.3) is 0 Å². The average Bonchev–Trinajstić information content (AvgIpc) is 3.16. The van der Waals surface area contributed by atoms with E-state index in [0.29, 0.717) is 18.8 Å². The lowest BCUT2D eigenvalue weighted by molar-refractivity contribution is 0.0944. The fraction of sp³-hybridized carbons (Fsp3) is 0.348. The van der Waals surface area contributed by atoms with Crippen molar-refractivity contribution in [3.05, 3.63) is 82.7 Å². The van der Waals surface area contributed by atoms with Gasteiger partial charge in [0.2, 0.25) is 0 Å². The van der Waals surface area contributed by atoms with Crippen molar-refractivity contribution in [2.24, 2.45) is 0 Å². The van der Waals surface area contributed by atoms with E-state index in [-0.39, 0.29) is 17.8 Å². The summed E-state index contributed by atoms with van der Waals surface area (Å²) in [6, 6.07) is 10.6. The molecule has 0 aliphatic heterocycles. The molecule has 0 fully saturated rings. The lowest BCUT2D eigenvalue weighted by Crippen LogP contribution is -2.35. The molecule has 1 atom stereocenters. The predicted molar refractivity (Wildman–Crippen MR) is 112 cm³/mol. The molecule has 6 nitrogen and oxygen atoms in total. The molecular formula is C23H26FN5O. The third kappa shape index (κ3) is 4.57. The first kappa shape index (κ1) is 20.2. The van der Waals surface area contributed by atoms with Gasteiger partial charge in [-0.05, 0) is 61.6 Å². The monoisotopic (exact) mass is 407 g/mol. The van der Waals surface area contributed by atoms with Gasteiger partial charge in [-0.1, -0.05) is 12.1 Å². The van der Waals surface area contributed by atoms with Crippen molar-refractivity contribution < 1.29 is 9.18 Å². The Morgan fingerprint density at radius 3 is 2.60 bits per heavy atom. The Kier molecular flexibility index (Phi) is 6.18. The number of hydrogen-bond acceptors (Lipinski definition) is 4. The van der Waals surface area contributed by atoms with E-state index in [9.17, 15) is 9.18 Å². The van der Waals surface area contributed by atoms with Crippen LogP contribution in [-0.2, 0) is 32.5 Å². The zero-order valence-corrected chi connectivity index (χ0v) is 17.1. The van der Waals surface area contributed by atoms with Gasteiger partial charge in [0.25, 0.3) is 5.91 Å². The van der Waals surface area contributed by atoms with Crippen LogP contribution in [0.5, 0.6) is 0 Å². The molecule has 0 bridgehead atoms. The second-order valence-corrected chi connectivity index (χ2v) is 7.57. The van der Waals surface area contributed by atoms with E-state index < -0.39 is 0 Å². The lowest BCUT2D eigenvalue weighted by atomic mass is 9.91. The van der Waals surface area contributed by atoms with Crippen molar-refractivity contribution in [3.8, 4) is 0 Å². The first-order valence-corrected chi connectivity index (χ1v) is 10.4. The highest BCUT2D eigenvalue weighted by Gasteiger charge is 2.28. The van der Waals surface area contributed by atoms with E-state index >= 15 is 0 Å². The van der Waals surface area contributed by atoms with E-state index in [1.807, 2.05) is 23.7 Å². The van der Waals surface area contributed by atoms with E-state index in [4.69, 9.17) is 0 Å². The Morgan fingerprint density at radius 2 is 1.87 bits per heavy atom. The van der Waals surface area contributed by atoms with Crippen LogP contribution in [0, 0.1) is 5.82 Å². The number of halogens is 1. The summed E-state index contributed by atoms with van der Waals surface area (Å²) in [6.07, 6.45) is 6.06. The van der Waals surface area contributed by atoms with Crippen molar-refractivity contribution in [2.75, 3.05) is 0 Å². The molecule has 2 heterocycles. The Morgan fingerprint density at radius 1 is 1.13 bits per heavy atom. The number of nitrogens with zero attached hydrogens (tertiary/aromatic N) is 3. The first-order valence-electron chi connectivity index (χ1n) is 10.4. The highest BCUT2D eigenvalue weighted by molar-refractivity contribution is 5.94. The molecule has 0 spiro atoms.